The molecule has 0 aliphatic carbocycles. The van der Waals surface area contributed by atoms with E-state index in [9.17, 15) is 0 Å². The number of aliphatic hydroxyl groups excluding tert-OH is 1. The molecule has 0 unspecified atom stereocenters. The van der Waals surface area contributed by atoms with Crippen molar-refractivity contribution in [1.29, 1.82) is 0 Å². The Morgan fingerprint density at radius 1 is 1.50 bits per heavy atom. The van der Waals surface area contributed by atoms with Crippen molar-refractivity contribution in [2.75, 3.05) is 6.61 Å². The quantitative estimate of drug-likeness (QED) is 0.865. The van der Waals surface area contributed by atoms with Crippen LogP contribution in [0.1, 0.15) is 12.5 Å². The molecule has 0 saturated heterocycles. The van der Waals surface area contributed by atoms with E-state index in [1.165, 1.54) is 0 Å². The first-order valence-electron chi connectivity index (χ1n) is 3.80. The van der Waals surface area contributed by atoms with Crippen LogP contribution in [0.2, 0.25) is 0 Å². The molecule has 0 radical (unpaired) electrons. The van der Waals surface area contributed by atoms with Crippen molar-refractivity contribution in [1.82, 2.24) is 0 Å². The van der Waals surface area contributed by atoms with E-state index in [2.05, 4.69) is 15.9 Å². The summed E-state index contributed by atoms with van der Waals surface area (Å²) in [5.74, 6) is 0.738. The molecule has 0 fully saturated rings. The van der Waals surface area contributed by atoms with Gasteiger partial charge in [0.05, 0.1) is 17.7 Å². The molecular weight excluding hydrogens is 220 g/mol. The second-order valence-electron chi connectivity index (χ2n) is 2.32. The second-order valence-corrected chi connectivity index (χ2v) is 3.17. The molecule has 0 amide bonds. The number of para-hydroxylation sites is 1. The zero-order chi connectivity index (χ0) is 8.97. The number of hydrogen-bond acceptors (Lipinski definition) is 2. The Labute approximate surface area is 80.3 Å². The van der Waals surface area contributed by atoms with Gasteiger partial charge in [-0.2, -0.15) is 0 Å². The Morgan fingerprint density at radius 2 is 2.25 bits per heavy atom. The van der Waals surface area contributed by atoms with Gasteiger partial charge in [-0.15, -0.1) is 0 Å². The van der Waals surface area contributed by atoms with Crippen LogP contribution in [0.5, 0.6) is 5.75 Å². The minimum absolute atomic E-state index is 0.00870. The molecule has 1 rings (SSSR count). The minimum atomic E-state index is 0.00870. The molecule has 0 atom stereocenters. The third kappa shape index (κ3) is 1.99. The Balaban J connectivity index is 3.02. The fourth-order valence-corrected chi connectivity index (χ4v) is 1.51. The summed E-state index contributed by atoms with van der Waals surface area (Å²) in [5.41, 5.74) is 0.811. The summed E-state index contributed by atoms with van der Waals surface area (Å²) in [7, 11) is 0. The topological polar surface area (TPSA) is 29.5 Å². The Hall–Kier alpha value is -0.540. The van der Waals surface area contributed by atoms with Gasteiger partial charge in [0.15, 0.2) is 0 Å². The van der Waals surface area contributed by atoms with Crippen molar-refractivity contribution in [3.63, 3.8) is 0 Å². The summed E-state index contributed by atoms with van der Waals surface area (Å²) in [5, 5.41) is 8.97. The Bertz CT molecular complexity index is 261. The molecule has 0 aliphatic heterocycles. The molecule has 0 aliphatic rings. The van der Waals surface area contributed by atoms with E-state index in [1.54, 1.807) is 0 Å². The number of hydrogen-bond donors (Lipinski definition) is 1. The molecule has 2 nitrogen and oxygen atoms in total. The molecule has 12 heavy (non-hydrogen) atoms. The summed E-state index contributed by atoms with van der Waals surface area (Å²) in [6, 6.07) is 5.61. The van der Waals surface area contributed by atoms with Crippen molar-refractivity contribution in [2.24, 2.45) is 0 Å². The summed E-state index contributed by atoms with van der Waals surface area (Å²) < 4.78 is 6.24. The summed E-state index contributed by atoms with van der Waals surface area (Å²) >= 11 is 3.35. The summed E-state index contributed by atoms with van der Waals surface area (Å²) in [4.78, 5) is 0. The van der Waals surface area contributed by atoms with Crippen LogP contribution in [-0.4, -0.2) is 11.7 Å². The van der Waals surface area contributed by atoms with Gasteiger partial charge in [0, 0.05) is 5.56 Å². The maximum absolute atomic E-state index is 8.97. The number of ether oxygens (including phenoxy) is 1. The van der Waals surface area contributed by atoms with Gasteiger partial charge in [-0.3, -0.25) is 0 Å². The van der Waals surface area contributed by atoms with Crippen molar-refractivity contribution in [2.45, 2.75) is 13.5 Å². The molecule has 0 saturated carbocycles. The molecule has 0 bridgehead atoms. The maximum atomic E-state index is 8.97. The van der Waals surface area contributed by atoms with E-state index in [0.29, 0.717) is 6.61 Å². The molecule has 1 N–H and O–H groups in total. The smallest absolute Gasteiger partial charge is 0.138 e. The van der Waals surface area contributed by atoms with Gasteiger partial charge in [-0.1, -0.05) is 12.1 Å². The third-order valence-electron chi connectivity index (χ3n) is 1.51. The van der Waals surface area contributed by atoms with Crippen molar-refractivity contribution >= 4 is 15.9 Å². The zero-order valence-corrected chi connectivity index (χ0v) is 8.47. The number of rotatable bonds is 3. The van der Waals surface area contributed by atoms with Crippen LogP contribution in [0, 0.1) is 0 Å². The number of aliphatic hydroxyl groups is 1. The van der Waals surface area contributed by atoms with E-state index in [1.807, 2.05) is 25.1 Å². The first kappa shape index (κ1) is 9.55. The first-order valence-corrected chi connectivity index (χ1v) is 4.60. The molecule has 1 aromatic carbocycles. The fourth-order valence-electron chi connectivity index (χ4n) is 0.984. The van der Waals surface area contributed by atoms with Gasteiger partial charge >= 0.3 is 0 Å². The second kappa shape index (κ2) is 4.48. The van der Waals surface area contributed by atoms with E-state index >= 15 is 0 Å². The molecular formula is C9H11BrO2. The van der Waals surface area contributed by atoms with Crippen molar-refractivity contribution in [3.8, 4) is 5.75 Å². The number of benzene rings is 1. The first-order chi connectivity index (χ1) is 5.79. The Kier molecular flexibility index (Phi) is 3.56. The van der Waals surface area contributed by atoms with Crippen LogP contribution in [-0.2, 0) is 6.61 Å². The molecule has 1 aromatic rings. The van der Waals surface area contributed by atoms with Gasteiger partial charge in [0.2, 0.25) is 0 Å². The maximum Gasteiger partial charge on any atom is 0.138 e. The minimum Gasteiger partial charge on any atom is -0.492 e. The highest BCUT2D eigenvalue weighted by molar-refractivity contribution is 9.10. The third-order valence-corrected chi connectivity index (χ3v) is 2.13. The van der Waals surface area contributed by atoms with Gasteiger partial charge in [-0.25, -0.2) is 0 Å². The van der Waals surface area contributed by atoms with Crippen LogP contribution < -0.4 is 4.74 Å². The lowest BCUT2D eigenvalue weighted by Gasteiger charge is -2.09. The highest BCUT2D eigenvalue weighted by Gasteiger charge is 2.05. The zero-order valence-electron chi connectivity index (χ0n) is 6.88. The SMILES string of the molecule is CCOc1c(Br)cccc1CO. The normalized spacial score (nSPS) is 9.92. The molecule has 0 spiro atoms. The summed E-state index contributed by atoms with van der Waals surface area (Å²) in [6.45, 7) is 2.53. The average molecular weight is 231 g/mol. The van der Waals surface area contributed by atoms with E-state index < -0.39 is 0 Å². The summed E-state index contributed by atoms with van der Waals surface area (Å²) in [6.07, 6.45) is 0. The fraction of sp³-hybridized carbons (Fsp3) is 0.333. The number of halogens is 1. The monoisotopic (exact) mass is 230 g/mol. The lowest BCUT2D eigenvalue weighted by molar-refractivity contribution is 0.266. The molecule has 0 aromatic heterocycles. The predicted molar refractivity (Wildman–Crippen MR) is 51.2 cm³/mol. The Morgan fingerprint density at radius 3 is 2.83 bits per heavy atom. The van der Waals surface area contributed by atoms with Crippen LogP contribution in [0.25, 0.3) is 0 Å². The van der Waals surface area contributed by atoms with Crippen LogP contribution >= 0.6 is 15.9 Å². The highest BCUT2D eigenvalue weighted by atomic mass is 79.9. The van der Waals surface area contributed by atoms with Crippen molar-refractivity contribution in [3.05, 3.63) is 28.2 Å². The highest BCUT2D eigenvalue weighted by Crippen LogP contribution is 2.28. The van der Waals surface area contributed by atoms with E-state index in [4.69, 9.17) is 9.84 Å². The average Bonchev–Trinajstić information content (AvgIpc) is 2.09. The predicted octanol–water partition coefficient (Wildman–Crippen LogP) is 2.34. The van der Waals surface area contributed by atoms with Crippen LogP contribution in [0.15, 0.2) is 22.7 Å². The van der Waals surface area contributed by atoms with Gasteiger partial charge in [0.1, 0.15) is 5.75 Å². The van der Waals surface area contributed by atoms with E-state index in [-0.39, 0.29) is 6.61 Å². The molecule has 3 heteroatoms. The standard InChI is InChI=1S/C9H11BrO2/c1-2-12-9-7(6-11)4-3-5-8(9)10/h3-5,11H,2,6H2,1H3. The molecule has 0 heterocycles. The van der Waals surface area contributed by atoms with Crippen molar-refractivity contribution < 1.29 is 9.84 Å². The largest absolute Gasteiger partial charge is 0.492 e. The lowest BCUT2D eigenvalue weighted by atomic mass is 10.2. The lowest BCUT2D eigenvalue weighted by Crippen LogP contribution is -1.97. The van der Waals surface area contributed by atoms with Gasteiger partial charge < -0.3 is 9.84 Å². The van der Waals surface area contributed by atoms with Gasteiger partial charge in [-0.05, 0) is 28.9 Å². The van der Waals surface area contributed by atoms with Crippen LogP contribution in [0.3, 0.4) is 0 Å². The van der Waals surface area contributed by atoms with Gasteiger partial charge in [0.25, 0.3) is 0 Å². The van der Waals surface area contributed by atoms with E-state index in [0.717, 1.165) is 15.8 Å². The van der Waals surface area contributed by atoms with Crippen LogP contribution in [0.4, 0.5) is 0 Å². The molecule has 66 valence electrons.